The minimum atomic E-state index is -0.576. The topological polar surface area (TPSA) is 102 Å². The van der Waals surface area contributed by atoms with E-state index in [1.807, 2.05) is 0 Å². The molecule has 4 aromatic rings. The van der Waals surface area contributed by atoms with Crippen molar-refractivity contribution in [3.8, 4) is 28.3 Å². The van der Waals surface area contributed by atoms with Gasteiger partial charge in [-0.3, -0.25) is 4.98 Å². The lowest BCUT2D eigenvalue weighted by atomic mass is 10.1. The lowest BCUT2D eigenvalue weighted by Gasteiger charge is -2.06. The smallest absolute Gasteiger partial charge is 0.416 e. The summed E-state index contributed by atoms with van der Waals surface area (Å²) >= 11 is 0. The number of nitrogens with one attached hydrogen (secondary N) is 1. The van der Waals surface area contributed by atoms with Crippen molar-refractivity contribution in [2.45, 2.75) is 0 Å². The normalized spacial score (nSPS) is 10.9. The first-order valence-corrected chi connectivity index (χ1v) is 6.89. The Morgan fingerprint density at radius 3 is 2.75 bits per heavy atom. The van der Waals surface area contributed by atoms with E-state index in [-0.39, 0.29) is 0 Å². The number of H-pyrrole nitrogens is 1. The van der Waals surface area contributed by atoms with Gasteiger partial charge >= 0.3 is 5.76 Å². The van der Waals surface area contributed by atoms with Gasteiger partial charge in [-0.1, -0.05) is 6.07 Å². The molecular weight excluding hydrogens is 315 g/mol. The van der Waals surface area contributed by atoms with Crippen LogP contribution in [0.1, 0.15) is 0 Å². The maximum Gasteiger partial charge on any atom is 0.423 e. The molecule has 3 aromatic heterocycles. The standard InChI is InChI=1S/C15H9FN6O2/c16-12-7-10(22-5-6-24-15(22)23)2-3-11(12)9-1-4-13(17-8-9)14-18-20-21-19-14/h1-8H,(H,18,19,20,21). The number of oxazole rings is 1. The van der Waals surface area contributed by atoms with Crippen LogP contribution in [0.5, 0.6) is 0 Å². The molecule has 1 aromatic carbocycles. The van der Waals surface area contributed by atoms with Crippen LogP contribution in [-0.4, -0.2) is 30.2 Å². The highest BCUT2D eigenvalue weighted by Gasteiger charge is 2.11. The van der Waals surface area contributed by atoms with Crippen LogP contribution in [-0.2, 0) is 0 Å². The summed E-state index contributed by atoms with van der Waals surface area (Å²) < 4.78 is 20.3. The quantitative estimate of drug-likeness (QED) is 0.616. The third kappa shape index (κ3) is 2.37. The molecule has 3 heterocycles. The summed E-state index contributed by atoms with van der Waals surface area (Å²) in [4.78, 5) is 15.7. The van der Waals surface area contributed by atoms with E-state index < -0.39 is 11.6 Å². The van der Waals surface area contributed by atoms with Gasteiger partial charge in [0.2, 0.25) is 5.82 Å². The molecule has 1 N–H and O–H groups in total. The van der Waals surface area contributed by atoms with Crippen LogP contribution in [0.4, 0.5) is 4.39 Å². The summed E-state index contributed by atoms with van der Waals surface area (Å²) in [7, 11) is 0. The zero-order valence-corrected chi connectivity index (χ0v) is 12.0. The Hall–Kier alpha value is -3.62. The average molecular weight is 324 g/mol. The third-order valence-corrected chi connectivity index (χ3v) is 3.46. The number of pyridine rings is 1. The molecule has 8 nitrogen and oxygen atoms in total. The molecule has 0 atom stereocenters. The van der Waals surface area contributed by atoms with Crippen LogP contribution in [0.2, 0.25) is 0 Å². The Morgan fingerprint density at radius 2 is 2.12 bits per heavy atom. The second-order valence-electron chi connectivity index (χ2n) is 4.87. The van der Waals surface area contributed by atoms with E-state index in [4.69, 9.17) is 0 Å². The summed E-state index contributed by atoms with van der Waals surface area (Å²) in [5.74, 6) is -0.695. The molecule has 0 saturated heterocycles. The van der Waals surface area contributed by atoms with Crippen LogP contribution in [0.3, 0.4) is 0 Å². The van der Waals surface area contributed by atoms with E-state index in [1.54, 1.807) is 24.3 Å². The Balaban J connectivity index is 1.69. The van der Waals surface area contributed by atoms with Gasteiger partial charge in [0.25, 0.3) is 0 Å². The fourth-order valence-corrected chi connectivity index (χ4v) is 2.30. The number of tetrazole rings is 1. The van der Waals surface area contributed by atoms with Gasteiger partial charge in [0, 0.05) is 17.3 Å². The van der Waals surface area contributed by atoms with Crippen LogP contribution < -0.4 is 5.76 Å². The number of aromatic nitrogens is 6. The summed E-state index contributed by atoms with van der Waals surface area (Å²) in [6, 6.07) is 7.85. The third-order valence-electron chi connectivity index (χ3n) is 3.46. The van der Waals surface area contributed by atoms with Gasteiger partial charge in [0.15, 0.2) is 0 Å². The molecule has 0 spiro atoms. The Bertz CT molecular complexity index is 1040. The van der Waals surface area contributed by atoms with Gasteiger partial charge in [-0.05, 0) is 29.5 Å². The van der Waals surface area contributed by atoms with Crippen molar-refractivity contribution >= 4 is 0 Å². The molecule has 0 unspecified atom stereocenters. The molecule has 0 aliphatic rings. The highest BCUT2D eigenvalue weighted by atomic mass is 19.1. The first-order valence-electron chi connectivity index (χ1n) is 6.89. The molecule has 118 valence electrons. The van der Waals surface area contributed by atoms with Gasteiger partial charge < -0.3 is 4.42 Å². The zero-order chi connectivity index (χ0) is 16.5. The van der Waals surface area contributed by atoms with E-state index in [0.717, 1.165) is 0 Å². The van der Waals surface area contributed by atoms with Gasteiger partial charge in [0.05, 0.1) is 11.9 Å². The molecule has 0 bridgehead atoms. The molecule has 0 amide bonds. The largest absolute Gasteiger partial charge is 0.423 e. The van der Waals surface area contributed by atoms with E-state index in [9.17, 15) is 9.18 Å². The van der Waals surface area contributed by atoms with Gasteiger partial charge in [0.1, 0.15) is 17.8 Å². The lowest BCUT2D eigenvalue weighted by Crippen LogP contribution is -2.11. The number of nitrogens with zero attached hydrogens (tertiary/aromatic N) is 5. The van der Waals surface area contributed by atoms with Crippen molar-refractivity contribution in [2.75, 3.05) is 0 Å². The van der Waals surface area contributed by atoms with Crippen LogP contribution >= 0.6 is 0 Å². The highest BCUT2D eigenvalue weighted by Crippen LogP contribution is 2.25. The highest BCUT2D eigenvalue weighted by molar-refractivity contribution is 5.66. The summed E-state index contributed by atoms with van der Waals surface area (Å²) in [5, 5.41) is 13.5. The van der Waals surface area contributed by atoms with E-state index >= 15 is 0 Å². The Kier molecular flexibility index (Phi) is 3.23. The molecule has 0 radical (unpaired) electrons. The predicted octanol–water partition coefficient (Wildman–Crippen LogP) is 1.81. The molecule has 4 rings (SSSR count). The number of halogens is 1. The average Bonchev–Trinajstić information content (AvgIpc) is 3.26. The lowest BCUT2D eigenvalue weighted by molar-refractivity contribution is 0.504. The summed E-state index contributed by atoms with van der Waals surface area (Å²) in [6.07, 6.45) is 4.20. The van der Waals surface area contributed by atoms with Crippen LogP contribution in [0.15, 0.2) is 58.2 Å². The van der Waals surface area contributed by atoms with Gasteiger partial charge in [-0.15, -0.1) is 10.2 Å². The predicted molar refractivity (Wildman–Crippen MR) is 80.7 cm³/mol. The number of aromatic amines is 1. The number of hydrogen-bond donors (Lipinski definition) is 1. The van der Waals surface area contributed by atoms with Gasteiger partial charge in [-0.2, -0.15) is 5.21 Å². The Morgan fingerprint density at radius 1 is 1.21 bits per heavy atom. The number of rotatable bonds is 3. The first-order chi connectivity index (χ1) is 11.7. The van der Waals surface area contributed by atoms with E-state index in [1.165, 1.54) is 29.3 Å². The molecule has 0 saturated carbocycles. The second-order valence-corrected chi connectivity index (χ2v) is 4.87. The van der Waals surface area contributed by atoms with Crippen molar-refractivity contribution in [2.24, 2.45) is 0 Å². The minimum Gasteiger partial charge on any atom is -0.416 e. The van der Waals surface area contributed by atoms with Crippen molar-refractivity contribution in [1.29, 1.82) is 0 Å². The molecule has 0 aliphatic heterocycles. The number of benzene rings is 1. The fraction of sp³-hybridized carbons (Fsp3) is 0. The van der Waals surface area contributed by atoms with E-state index in [0.29, 0.717) is 28.3 Å². The monoisotopic (exact) mass is 324 g/mol. The maximum atomic E-state index is 14.4. The van der Waals surface area contributed by atoms with Crippen molar-refractivity contribution in [3.05, 3.63) is 65.4 Å². The van der Waals surface area contributed by atoms with Crippen LogP contribution in [0, 0.1) is 5.82 Å². The van der Waals surface area contributed by atoms with Crippen LogP contribution in [0.25, 0.3) is 28.3 Å². The Labute approximate surface area is 133 Å². The molecule has 0 fully saturated rings. The minimum absolute atomic E-state index is 0.358. The van der Waals surface area contributed by atoms with Crippen molar-refractivity contribution < 1.29 is 8.81 Å². The number of hydrogen-bond acceptors (Lipinski definition) is 6. The second kappa shape index (κ2) is 5.54. The maximum absolute atomic E-state index is 14.4. The summed E-state index contributed by atoms with van der Waals surface area (Å²) in [6.45, 7) is 0. The zero-order valence-electron chi connectivity index (χ0n) is 12.0. The first kappa shape index (κ1) is 14.0. The molecule has 9 heteroatoms. The molecule has 0 aliphatic carbocycles. The van der Waals surface area contributed by atoms with Crippen molar-refractivity contribution in [1.82, 2.24) is 30.2 Å². The van der Waals surface area contributed by atoms with Crippen molar-refractivity contribution in [3.63, 3.8) is 0 Å². The fourth-order valence-electron chi connectivity index (χ4n) is 2.30. The van der Waals surface area contributed by atoms with E-state index in [2.05, 4.69) is 30.0 Å². The SMILES string of the molecule is O=c1occn1-c1ccc(-c2ccc(-c3nn[nH]n3)nc2)c(F)c1. The van der Waals surface area contributed by atoms with Gasteiger partial charge in [-0.25, -0.2) is 13.8 Å². The molecular formula is C15H9FN6O2. The summed E-state index contributed by atoms with van der Waals surface area (Å²) in [5.41, 5.74) is 1.86. The molecule has 24 heavy (non-hydrogen) atoms.